The third-order valence-electron chi connectivity index (χ3n) is 1.69. The van der Waals surface area contributed by atoms with Gasteiger partial charge in [0.05, 0.1) is 12.1 Å². The number of halogens is 2. The number of anilines is 1. The van der Waals surface area contributed by atoms with Crippen molar-refractivity contribution in [1.82, 2.24) is 0 Å². The van der Waals surface area contributed by atoms with E-state index >= 15 is 0 Å². The number of benzene rings is 1. The first-order valence-electron chi connectivity index (χ1n) is 4.10. The van der Waals surface area contributed by atoms with Gasteiger partial charge < -0.3 is 10.4 Å². The molecular formula is C10H9BrClNO2. The first kappa shape index (κ1) is 12.1. The molecule has 0 saturated heterocycles. The third-order valence-corrected chi connectivity index (χ3v) is 2.48. The maximum atomic E-state index is 10.7. The minimum absolute atomic E-state index is 0.233. The molecule has 0 aliphatic heterocycles. The quantitative estimate of drug-likeness (QED) is 0.894. The lowest BCUT2D eigenvalue weighted by Crippen LogP contribution is -2.03. The van der Waals surface area contributed by atoms with E-state index in [0.29, 0.717) is 16.0 Å². The number of rotatable bonds is 4. The fraction of sp³-hybridized carbons (Fsp3) is 0.100. The van der Waals surface area contributed by atoms with Gasteiger partial charge in [0.2, 0.25) is 0 Å². The highest BCUT2D eigenvalue weighted by Crippen LogP contribution is 2.23. The lowest BCUT2D eigenvalue weighted by atomic mass is 10.2. The van der Waals surface area contributed by atoms with Gasteiger partial charge in [0, 0.05) is 15.2 Å². The summed E-state index contributed by atoms with van der Waals surface area (Å²) in [6.45, 7) is 3.98. The monoisotopic (exact) mass is 289 g/mol. The van der Waals surface area contributed by atoms with Gasteiger partial charge in [-0.3, -0.25) is 0 Å². The molecule has 3 nitrogen and oxygen atoms in total. The minimum Gasteiger partial charge on any atom is -0.478 e. The van der Waals surface area contributed by atoms with Crippen molar-refractivity contribution in [3.8, 4) is 0 Å². The molecule has 0 aliphatic carbocycles. The van der Waals surface area contributed by atoms with Gasteiger partial charge in [0.25, 0.3) is 0 Å². The second-order valence-corrected chi connectivity index (χ2v) is 4.26. The van der Waals surface area contributed by atoms with Crippen molar-refractivity contribution >= 4 is 39.2 Å². The van der Waals surface area contributed by atoms with Crippen molar-refractivity contribution < 1.29 is 9.90 Å². The molecule has 0 fully saturated rings. The van der Waals surface area contributed by atoms with Crippen LogP contribution in [-0.2, 0) is 0 Å². The molecule has 0 saturated carbocycles. The van der Waals surface area contributed by atoms with Gasteiger partial charge in [-0.2, -0.15) is 0 Å². The van der Waals surface area contributed by atoms with Crippen LogP contribution in [0.2, 0.25) is 0 Å². The SMILES string of the molecule is C=C(Cl)CNc1ccc(C(=O)O)cc1Br. The van der Waals surface area contributed by atoms with E-state index in [1.54, 1.807) is 6.07 Å². The van der Waals surface area contributed by atoms with Crippen molar-refractivity contribution in [2.75, 3.05) is 11.9 Å². The number of nitrogens with one attached hydrogen (secondary N) is 1. The first-order valence-corrected chi connectivity index (χ1v) is 5.28. The largest absolute Gasteiger partial charge is 0.478 e. The second-order valence-electron chi connectivity index (χ2n) is 2.87. The second kappa shape index (κ2) is 5.19. The Bertz CT molecular complexity index is 406. The predicted molar refractivity (Wildman–Crippen MR) is 64.6 cm³/mol. The van der Waals surface area contributed by atoms with Crippen LogP contribution >= 0.6 is 27.5 Å². The van der Waals surface area contributed by atoms with Crippen LogP contribution in [0.25, 0.3) is 0 Å². The van der Waals surface area contributed by atoms with E-state index in [9.17, 15) is 4.79 Å². The summed E-state index contributed by atoms with van der Waals surface area (Å²) in [7, 11) is 0. The molecule has 0 amide bonds. The van der Waals surface area contributed by atoms with Crippen molar-refractivity contribution in [2.45, 2.75) is 0 Å². The molecule has 0 aliphatic rings. The van der Waals surface area contributed by atoms with E-state index in [4.69, 9.17) is 16.7 Å². The average Bonchev–Trinajstić information content (AvgIpc) is 2.15. The Balaban J connectivity index is 2.83. The lowest BCUT2D eigenvalue weighted by Gasteiger charge is -2.07. The highest BCUT2D eigenvalue weighted by Gasteiger charge is 2.06. The van der Waals surface area contributed by atoms with E-state index in [-0.39, 0.29) is 5.56 Å². The van der Waals surface area contributed by atoms with Gasteiger partial charge >= 0.3 is 5.97 Å². The molecule has 1 rings (SSSR count). The Labute approximate surface area is 101 Å². The zero-order valence-corrected chi connectivity index (χ0v) is 10.1. The molecule has 1 aromatic rings. The number of hydrogen-bond acceptors (Lipinski definition) is 2. The van der Waals surface area contributed by atoms with Crippen LogP contribution in [-0.4, -0.2) is 17.6 Å². The summed E-state index contributed by atoms with van der Waals surface area (Å²) in [5.74, 6) is -0.955. The van der Waals surface area contributed by atoms with Crippen LogP contribution in [0.5, 0.6) is 0 Å². The Morgan fingerprint density at radius 1 is 1.60 bits per heavy atom. The third kappa shape index (κ3) is 3.57. The molecule has 2 N–H and O–H groups in total. The molecule has 0 atom stereocenters. The number of carboxylic acid groups (broad SMARTS) is 1. The topological polar surface area (TPSA) is 49.3 Å². The maximum Gasteiger partial charge on any atom is 0.335 e. The summed E-state index contributed by atoms with van der Waals surface area (Å²) >= 11 is 8.86. The molecule has 15 heavy (non-hydrogen) atoms. The molecule has 5 heteroatoms. The highest BCUT2D eigenvalue weighted by atomic mass is 79.9. The van der Waals surface area contributed by atoms with E-state index in [0.717, 1.165) is 5.69 Å². The minimum atomic E-state index is -0.955. The van der Waals surface area contributed by atoms with Crippen LogP contribution in [0.3, 0.4) is 0 Å². The molecule has 0 radical (unpaired) electrons. The van der Waals surface area contributed by atoms with Gasteiger partial charge in [0.1, 0.15) is 0 Å². The zero-order valence-electron chi connectivity index (χ0n) is 7.76. The summed E-state index contributed by atoms with van der Waals surface area (Å²) in [5, 5.41) is 12.2. The molecule has 0 bridgehead atoms. The van der Waals surface area contributed by atoms with Crippen molar-refractivity contribution in [3.05, 3.63) is 39.8 Å². The first-order chi connectivity index (χ1) is 7.00. The van der Waals surface area contributed by atoms with Crippen molar-refractivity contribution in [3.63, 3.8) is 0 Å². The Morgan fingerprint density at radius 2 is 2.27 bits per heavy atom. The van der Waals surface area contributed by atoms with Gasteiger partial charge in [-0.1, -0.05) is 18.2 Å². The van der Waals surface area contributed by atoms with E-state index < -0.39 is 5.97 Å². The van der Waals surface area contributed by atoms with Gasteiger partial charge in [-0.25, -0.2) is 4.79 Å². The molecule has 0 spiro atoms. The van der Waals surface area contributed by atoms with E-state index in [2.05, 4.69) is 27.8 Å². The molecular weight excluding hydrogens is 281 g/mol. The van der Waals surface area contributed by atoms with Crippen LogP contribution in [0, 0.1) is 0 Å². The highest BCUT2D eigenvalue weighted by molar-refractivity contribution is 9.10. The van der Waals surface area contributed by atoms with Crippen LogP contribution in [0.15, 0.2) is 34.3 Å². The van der Waals surface area contributed by atoms with Gasteiger partial charge in [-0.15, -0.1) is 0 Å². The Hall–Kier alpha value is -1.00. The number of carboxylic acids is 1. The zero-order chi connectivity index (χ0) is 11.4. The summed E-state index contributed by atoms with van der Waals surface area (Å²) in [5.41, 5.74) is 1.01. The van der Waals surface area contributed by atoms with Crippen LogP contribution in [0.4, 0.5) is 5.69 Å². The van der Waals surface area contributed by atoms with E-state index in [1.807, 2.05) is 0 Å². The molecule has 80 valence electrons. The molecule has 0 aromatic heterocycles. The molecule has 0 heterocycles. The fourth-order valence-corrected chi connectivity index (χ4v) is 1.57. The smallest absolute Gasteiger partial charge is 0.335 e. The molecule has 1 aromatic carbocycles. The lowest BCUT2D eigenvalue weighted by molar-refractivity contribution is 0.0697. The normalized spacial score (nSPS) is 9.73. The van der Waals surface area contributed by atoms with Crippen molar-refractivity contribution in [1.29, 1.82) is 0 Å². The standard InChI is InChI=1S/C10H9BrClNO2/c1-6(12)5-13-9-3-2-7(10(14)15)4-8(9)11/h2-4,13H,1,5H2,(H,14,15). The van der Waals surface area contributed by atoms with Crippen LogP contribution in [0.1, 0.15) is 10.4 Å². The summed E-state index contributed by atoms with van der Waals surface area (Å²) in [6, 6.07) is 4.72. The van der Waals surface area contributed by atoms with Crippen LogP contribution < -0.4 is 5.32 Å². The fourth-order valence-electron chi connectivity index (χ4n) is 0.983. The summed E-state index contributed by atoms with van der Waals surface area (Å²) < 4.78 is 0.681. The van der Waals surface area contributed by atoms with Crippen molar-refractivity contribution in [2.24, 2.45) is 0 Å². The summed E-state index contributed by atoms with van der Waals surface area (Å²) in [6.07, 6.45) is 0. The maximum absolute atomic E-state index is 10.7. The van der Waals surface area contributed by atoms with Gasteiger partial charge in [0.15, 0.2) is 0 Å². The van der Waals surface area contributed by atoms with Gasteiger partial charge in [-0.05, 0) is 34.1 Å². The number of carbonyl (C=O) groups is 1. The number of hydrogen-bond donors (Lipinski definition) is 2. The Morgan fingerprint density at radius 3 is 2.73 bits per heavy atom. The summed E-state index contributed by atoms with van der Waals surface area (Å²) in [4.78, 5) is 10.7. The predicted octanol–water partition coefficient (Wildman–Crippen LogP) is 3.31. The molecule has 0 unspecified atom stereocenters. The van der Waals surface area contributed by atoms with E-state index in [1.165, 1.54) is 12.1 Å². The Kier molecular flexibility index (Phi) is 4.17. The number of aromatic carboxylic acids is 1. The average molecular weight is 291 g/mol.